The van der Waals surface area contributed by atoms with Gasteiger partial charge in [0.1, 0.15) is 5.75 Å². The molecule has 0 aliphatic heterocycles. The summed E-state index contributed by atoms with van der Waals surface area (Å²) in [6, 6.07) is 6.60. The maximum atomic E-state index is 12.3. The van der Waals surface area contributed by atoms with Crippen LogP contribution in [0.1, 0.15) is 50.2 Å². The highest BCUT2D eigenvalue weighted by Gasteiger charge is 2.24. The Hall–Kier alpha value is -1.51. The summed E-state index contributed by atoms with van der Waals surface area (Å²) >= 11 is 0. The van der Waals surface area contributed by atoms with Crippen molar-refractivity contribution in [3.05, 3.63) is 29.3 Å². The van der Waals surface area contributed by atoms with E-state index in [1.165, 1.54) is 18.4 Å². The summed E-state index contributed by atoms with van der Waals surface area (Å²) in [6.45, 7) is 7.46. The van der Waals surface area contributed by atoms with Gasteiger partial charge in [-0.05, 0) is 45.2 Å². The zero-order chi connectivity index (χ0) is 15.2. The minimum absolute atomic E-state index is 0.231. The van der Waals surface area contributed by atoms with Crippen molar-refractivity contribution in [2.45, 2.75) is 58.9 Å². The van der Waals surface area contributed by atoms with Crippen LogP contribution in [0.15, 0.2) is 18.2 Å². The molecule has 2 rings (SSSR count). The molecule has 1 aliphatic rings. The lowest BCUT2D eigenvalue weighted by molar-refractivity contribution is -0.133. The summed E-state index contributed by atoms with van der Waals surface area (Å²) in [5.74, 6) is 1.12. The highest BCUT2D eigenvalue weighted by atomic mass is 16.5. The first kappa shape index (κ1) is 15.9. The molecular formula is C18H27NO2. The molecule has 1 aliphatic carbocycles. The van der Waals surface area contributed by atoms with Gasteiger partial charge in [-0.15, -0.1) is 0 Å². The largest absolute Gasteiger partial charge is 0.493 e. The number of benzene rings is 1. The summed E-state index contributed by atoms with van der Waals surface area (Å²) in [5, 5.41) is 0. The van der Waals surface area contributed by atoms with E-state index in [1.807, 2.05) is 24.0 Å². The molecule has 0 bridgehead atoms. The van der Waals surface area contributed by atoms with Crippen LogP contribution < -0.4 is 4.74 Å². The Morgan fingerprint density at radius 1 is 1.29 bits per heavy atom. The first-order chi connectivity index (χ1) is 10.1. The van der Waals surface area contributed by atoms with E-state index in [9.17, 15) is 4.79 Å². The van der Waals surface area contributed by atoms with Gasteiger partial charge in [-0.3, -0.25) is 4.79 Å². The average molecular weight is 289 g/mol. The molecule has 0 spiro atoms. The van der Waals surface area contributed by atoms with E-state index in [-0.39, 0.29) is 5.91 Å². The predicted molar refractivity (Wildman–Crippen MR) is 85.7 cm³/mol. The number of carbonyl (C=O) groups is 1. The first-order valence-corrected chi connectivity index (χ1v) is 8.11. The van der Waals surface area contributed by atoms with Gasteiger partial charge < -0.3 is 9.64 Å². The highest BCUT2D eigenvalue weighted by Crippen LogP contribution is 2.24. The van der Waals surface area contributed by atoms with Crippen molar-refractivity contribution in [2.24, 2.45) is 0 Å². The van der Waals surface area contributed by atoms with Crippen LogP contribution in [0.4, 0.5) is 0 Å². The molecule has 21 heavy (non-hydrogen) atoms. The summed E-state index contributed by atoms with van der Waals surface area (Å²) in [4.78, 5) is 14.4. The standard InChI is InChI=1S/C18H27NO2/c1-4-19(16-7-5-6-8-16)18(20)11-12-21-17-10-9-14(2)13-15(17)3/h9-10,13,16H,4-8,11-12H2,1-3H3. The normalized spacial score (nSPS) is 15.2. The van der Waals surface area contributed by atoms with Gasteiger partial charge in [0.2, 0.25) is 5.91 Å². The van der Waals surface area contributed by atoms with Crippen molar-refractivity contribution in [1.82, 2.24) is 4.90 Å². The second-order valence-electron chi connectivity index (χ2n) is 5.99. The lowest BCUT2D eigenvalue weighted by Crippen LogP contribution is -2.39. The van der Waals surface area contributed by atoms with Crippen molar-refractivity contribution in [3.63, 3.8) is 0 Å². The van der Waals surface area contributed by atoms with Gasteiger partial charge in [0, 0.05) is 12.6 Å². The van der Waals surface area contributed by atoms with E-state index in [2.05, 4.69) is 19.9 Å². The lowest BCUT2D eigenvalue weighted by atomic mass is 10.1. The van der Waals surface area contributed by atoms with Gasteiger partial charge in [0.05, 0.1) is 13.0 Å². The number of ether oxygens (including phenoxy) is 1. The quantitative estimate of drug-likeness (QED) is 0.795. The van der Waals surface area contributed by atoms with Gasteiger partial charge in [-0.25, -0.2) is 0 Å². The van der Waals surface area contributed by atoms with Crippen molar-refractivity contribution < 1.29 is 9.53 Å². The molecule has 1 aromatic rings. The van der Waals surface area contributed by atoms with Crippen LogP contribution in [0.25, 0.3) is 0 Å². The molecule has 0 atom stereocenters. The number of hydrogen-bond donors (Lipinski definition) is 0. The molecule has 1 amide bonds. The fourth-order valence-corrected chi connectivity index (χ4v) is 3.21. The maximum absolute atomic E-state index is 12.3. The molecular weight excluding hydrogens is 262 g/mol. The van der Waals surface area contributed by atoms with Crippen LogP contribution >= 0.6 is 0 Å². The van der Waals surface area contributed by atoms with Crippen LogP contribution in [-0.2, 0) is 4.79 Å². The van der Waals surface area contributed by atoms with E-state index < -0.39 is 0 Å². The molecule has 116 valence electrons. The topological polar surface area (TPSA) is 29.5 Å². The third-order valence-corrected chi connectivity index (χ3v) is 4.33. The van der Waals surface area contributed by atoms with Crippen LogP contribution in [0.2, 0.25) is 0 Å². The van der Waals surface area contributed by atoms with E-state index >= 15 is 0 Å². The van der Waals surface area contributed by atoms with Crippen LogP contribution in [0.3, 0.4) is 0 Å². The molecule has 3 heteroatoms. The molecule has 0 radical (unpaired) electrons. The molecule has 0 N–H and O–H groups in total. The number of carbonyl (C=O) groups excluding carboxylic acids is 1. The number of aryl methyl sites for hydroxylation is 2. The number of nitrogens with zero attached hydrogens (tertiary/aromatic N) is 1. The third-order valence-electron chi connectivity index (χ3n) is 4.33. The van der Waals surface area contributed by atoms with E-state index in [0.29, 0.717) is 19.1 Å². The highest BCUT2D eigenvalue weighted by molar-refractivity contribution is 5.76. The fraction of sp³-hybridized carbons (Fsp3) is 0.611. The first-order valence-electron chi connectivity index (χ1n) is 8.11. The van der Waals surface area contributed by atoms with Crippen LogP contribution in [-0.4, -0.2) is 30.0 Å². The molecule has 0 saturated heterocycles. The molecule has 0 aromatic heterocycles. The summed E-state index contributed by atoms with van der Waals surface area (Å²) < 4.78 is 5.77. The number of amides is 1. The predicted octanol–water partition coefficient (Wildman–Crippen LogP) is 3.86. The average Bonchev–Trinajstić information content (AvgIpc) is 2.96. The molecule has 0 heterocycles. The van der Waals surface area contributed by atoms with Crippen LogP contribution in [0.5, 0.6) is 5.75 Å². The Morgan fingerprint density at radius 3 is 2.62 bits per heavy atom. The third kappa shape index (κ3) is 4.23. The van der Waals surface area contributed by atoms with Crippen molar-refractivity contribution >= 4 is 5.91 Å². The zero-order valence-corrected chi connectivity index (χ0v) is 13.5. The Bertz CT molecular complexity index is 478. The second-order valence-corrected chi connectivity index (χ2v) is 5.99. The zero-order valence-electron chi connectivity index (χ0n) is 13.5. The van der Waals surface area contributed by atoms with E-state index in [4.69, 9.17) is 4.74 Å². The monoisotopic (exact) mass is 289 g/mol. The van der Waals surface area contributed by atoms with Gasteiger partial charge in [0.15, 0.2) is 0 Å². The van der Waals surface area contributed by atoms with Crippen LogP contribution in [0, 0.1) is 13.8 Å². The Labute approximate surface area is 128 Å². The molecule has 1 fully saturated rings. The van der Waals surface area contributed by atoms with E-state index in [1.54, 1.807) is 0 Å². The summed E-state index contributed by atoms with van der Waals surface area (Å²) in [7, 11) is 0. The lowest BCUT2D eigenvalue weighted by Gasteiger charge is -2.27. The molecule has 3 nitrogen and oxygen atoms in total. The van der Waals surface area contributed by atoms with Crippen molar-refractivity contribution in [3.8, 4) is 5.75 Å². The fourth-order valence-electron chi connectivity index (χ4n) is 3.21. The van der Waals surface area contributed by atoms with Crippen molar-refractivity contribution in [2.75, 3.05) is 13.2 Å². The molecule has 1 saturated carbocycles. The molecule has 0 unspecified atom stereocenters. The number of rotatable bonds is 6. The summed E-state index contributed by atoms with van der Waals surface area (Å²) in [5.41, 5.74) is 2.36. The Balaban J connectivity index is 1.82. The molecule has 1 aromatic carbocycles. The second kappa shape index (κ2) is 7.48. The minimum atomic E-state index is 0.231. The smallest absolute Gasteiger partial charge is 0.226 e. The Morgan fingerprint density at radius 2 is 2.00 bits per heavy atom. The van der Waals surface area contributed by atoms with Crippen molar-refractivity contribution in [1.29, 1.82) is 0 Å². The maximum Gasteiger partial charge on any atom is 0.226 e. The summed E-state index contributed by atoms with van der Waals surface area (Å²) in [6.07, 6.45) is 5.31. The van der Waals surface area contributed by atoms with Gasteiger partial charge >= 0.3 is 0 Å². The number of hydrogen-bond acceptors (Lipinski definition) is 2. The van der Waals surface area contributed by atoms with E-state index in [0.717, 1.165) is 30.7 Å². The van der Waals surface area contributed by atoms with Gasteiger partial charge in [0.25, 0.3) is 0 Å². The Kier molecular flexibility index (Phi) is 5.66. The van der Waals surface area contributed by atoms with Gasteiger partial charge in [-0.2, -0.15) is 0 Å². The SMILES string of the molecule is CCN(C(=O)CCOc1ccc(C)cc1C)C1CCCC1. The van der Waals surface area contributed by atoms with Gasteiger partial charge in [-0.1, -0.05) is 30.5 Å². The minimum Gasteiger partial charge on any atom is -0.493 e.